The molecule has 2 heterocycles. The van der Waals surface area contributed by atoms with Crippen molar-refractivity contribution in [2.75, 3.05) is 31.6 Å². The summed E-state index contributed by atoms with van der Waals surface area (Å²) < 4.78 is 43.8. The maximum absolute atomic E-state index is 13.1. The van der Waals surface area contributed by atoms with Gasteiger partial charge in [-0.1, -0.05) is 0 Å². The zero-order valence-corrected chi connectivity index (χ0v) is 18.9. The van der Waals surface area contributed by atoms with Crippen LogP contribution in [0.15, 0.2) is 58.2 Å². The molecular formula is C22H24N4O6S. The van der Waals surface area contributed by atoms with Crippen molar-refractivity contribution in [1.82, 2.24) is 14.5 Å². The number of carbonyl (C=O) groups excluding carboxylic acids is 1. The molecule has 10 nitrogen and oxygen atoms in total. The highest BCUT2D eigenvalue weighted by Gasteiger charge is 2.30. The smallest absolute Gasteiger partial charge is 0.262 e. The van der Waals surface area contributed by atoms with Crippen molar-refractivity contribution < 1.29 is 27.1 Å². The van der Waals surface area contributed by atoms with Gasteiger partial charge in [-0.2, -0.15) is 4.31 Å². The predicted octanol–water partition coefficient (Wildman–Crippen LogP) is 2.94. The third-order valence-corrected chi connectivity index (χ3v) is 6.96. The Morgan fingerprint density at radius 1 is 1.12 bits per heavy atom. The van der Waals surface area contributed by atoms with Gasteiger partial charge in [0, 0.05) is 24.3 Å². The van der Waals surface area contributed by atoms with Gasteiger partial charge < -0.3 is 19.2 Å². The second-order valence-electron chi connectivity index (χ2n) is 7.31. The molecule has 0 unspecified atom stereocenters. The minimum absolute atomic E-state index is 0.0431. The number of anilines is 1. The molecule has 1 amide bonds. The molecule has 1 fully saturated rings. The van der Waals surface area contributed by atoms with Gasteiger partial charge in [0.05, 0.1) is 6.61 Å². The van der Waals surface area contributed by atoms with Gasteiger partial charge in [-0.25, -0.2) is 8.42 Å². The summed E-state index contributed by atoms with van der Waals surface area (Å²) in [6.45, 7) is 2.82. The molecule has 2 aromatic carbocycles. The molecular weight excluding hydrogens is 448 g/mol. The van der Waals surface area contributed by atoms with Gasteiger partial charge in [-0.05, 0) is 62.2 Å². The highest BCUT2D eigenvalue weighted by molar-refractivity contribution is 7.89. The first-order valence-corrected chi connectivity index (χ1v) is 12.0. The Morgan fingerprint density at radius 3 is 2.55 bits per heavy atom. The van der Waals surface area contributed by atoms with Gasteiger partial charge in [0.25, 0.3) is 5.91 Å². The van der Waals surface area contributed by atoms with Gasteiger partial charge in [-0.3, -0.25) is 4.79 Å². The summed E-state index contributed by atoms with van der Waals surface area (Å²) in [6.07, 6.45) is 2.90. The second-order valence-corrected chi connectivity index (χ2v) is 9.22. The minimum atomic E-state index is -3.72. The summed E-state index contributed by atoms with van der Waals surface area (Å²) in [5, 5.41) is 10.1. The van der Waals surface area contributed by atoms with Crippen molar-refractivity contribution in [3.8, 4) is 23.0 Å². The third kappa shape index (κ3) is 5.32. The van der Waals surface area contributed by atoms with Crippen LogP contribution in [0.25, 0.3) is 11.5 Å². The zero-order valence-electron chi connectivity index (χ0n) is 18.1. The van der Waals surface area contributed by atoms with Crippen LogP contribution >= 0.6 is 0 Å². The lowest BCUT2D eigenvalue weighted by Crippen LogP contribution is -2.28. The van der Waals surface area contributed by atoms with E-state index in [2.05, 4.69) is 15.5 Å². The Labute approximate surface area is 191 Å². The van der Waals surface area contributed by atoms with Crippen molar-refractivity contribution in [2.24, 2.45) is 0 Å². The fourth-order valence-corrected chi connectivity index (χ4v) is 5.14. The highest BCUT2D eigenvalue weighted by atomic mass is 32.2. The average Bonchev–Trinajstić information content (AvgIpc) is 3.54. The molecule has 11 heteroatoms. The van der Waals surface area contributed by atoms with E-state index in [4.69, 9.17) is 13.9 Å². The van der Waals surface area contributed by atoms with Crippen molar-refractivity contribution in [3.05, 3.63) is 48.9 Å². The number of benzene rings is 2. The number of hydrogen-bond acceptors (Lipinski definition) is 8. The van der Waals surface area contributed by atoms with Gasteiger partial charge >= 0.3 is 0 Å². The Kier molecular flexibility index (Phi) is 6.90. The first-order chi connectivity index (χ1) is 16.0. The van der Waals surface area contributed by atoms with E-state index in [1.54, 1.807) is 43.3 Å². The van der Waals surface area contributed by atoms with E-state index in [-0.39, 0.29) is 17.3 Å². The summed E-state index contributed by atoms with van der Waals surface area (Å²) in [5.74, 6) is 0.705. The van der Waals surface area contributed by atoms with E-state index >= 15 is 0 Å². The SMILES string of the molecule is CCOc1ccc(NC(=O)COc2ccc(-c3nnco3)cc2)cc1S(=O)(=O)N1CCCC1. The van der Waals surface area contributed by atoms with Gasteiger partial charge in [0.15, 0.2) is 6.61 Å². The number of sulfonamides is 1. The van der Waals surface area contributed by atoms with Crippen LogP contribution in [-0.2, 0) is 14.8 Å². The number of rotatable bonds is 9. The number of ether oxygens (including phenoxy) is 2. The maximum Gasteiger partial charge on any atom is 0.262 e. The zero-order chi connectivity index (χ0) is 23.3. The summed E-state index contributed by atoms with van der Waals surface area (Å²) in [4.78, 5) is 12.4. The van der Waals surface area contributed by atoms with E-state index in [0.717, 1.165) is 18.4 Å². The average molecular weight is 473 g/mol. The van der Waals surface area contributed by atoms with Gasteiger partial charge in [0.2, 0.25) is 22.3 Å². The van der Waals surface area contributed by atoms with Crippen LogP contribution in [0, 0.1) is 0 Å². The topological polar surface area (TPSA) is 124 Å². The fraction of sp³-hybridized carbons (Fsp3) is 0.318. The van der Waals surface area contributed by atoms with E-state index in [1.165, 1.54) is 16.8 Å². The van der Waals surface area contributed by atoms with E-state index < -0.39 is 15.9 Å². The van der Waals surface area contributed by atoms with Crippen LogP contribution in [0.1, 0.15) is 19.8 Å². The lowest BCUT2D eigenvalue weighted by Gasteiger charge is -2.19. The molecule has 1 aliphatic heterocycles. The van der Waals surface area contributed by atoms with Crippen LogP contribution in [-0.4, -0.2) is 55.1 Å². The monoisotopic (exact) mass is 472 g/mol. The highest BCUT2D eigenvalue weighted by Crippen LogP contribution is 2.31. The molecule has 0 aliphatic carbocycles. The van der Waals surface area contributed by atoms with Crippen LogP contribution in [0.5, 0.6) is 11.5 Å². The lowest BCUT2D eigenvalue weighted by atomic mass is 10.2. The molecule has 1 N–H and O–H groups in total. The molecule has 4 rings (SSSR count). The van der Waals surface area contributed by atoms with E-state index in [1.807, 2.05) is 0 Å². The van der Waals surface area contributed by atoms with Crippen LogP contribution in [0.3, 0.4) is 0 Å². The molecule has 0 radical (unpaired) electrons. The van der Waals surface area contributed by atoms with E-state index in [0.29, 0.717) is 37.0 Å². The summed E-state index contributed by atoms with van der Waals surface area (Å²) in [6, 6.07) is 11.4. The molecule has 33 heavy (non-hydrogen) atoms. The number of nitrogens with one attached hydrogen (secondary N) is 1. The van der Waals surface area contributed by atoms with Crippen molar-refractivity contribution in [1.29, 1.82) is 0 Å². The first-order valence-electron chi connectivity index (χ1n) is 10.5. The lowest BCUT2D eigenvalue weighted by molar-refractivity contribution is -0.118. The Morgan fingerprint density at radius 2 is 1.88 bits per heavy atom. The molecule has 1 aromatic heterocycles. The molecule has 1 saturated heterocycles. The fourth-order valence-electron chi connectivity index (χ4n) is 3.47. The molecule has 174 valence electrons. The molecule has 0 spiro atoms. The van der Waals surface area contributed by atoms with Crippen molar-refractivity contribution >= 4 is 21.6 Å². The summed E-state index contributed by atoms with van der Waals surface area (Å²) >= 11 is 0. The Balaban J connectivity index is 1.42. The number of hydrogen-bond donors (Lipinski definition) is 1. The molecule has 0 bridgehead atoms. The Hall–Kier alpha value is -3.44. The standard InChI is InChI=1S/C22H24N4O6S/c1-2-30-19-10-7-17(13-20(19)33(28,29)26-11-3-4-12-26)24-21(27)14-31-18-8-5-16(6-9-18)22-25-23-15-32-22/h5-10,13,15H,2-4,11-12,14H2,1H3,(H,24,27). The molecule has 1 aliphatic rings. The van der Waals surface area contributed by atoms with Gasteiger partial charge in [0.1, 0.15) is 16.4 Å². The summed E-state index contributed by atoms with van der Waals surface area (Å²) in [5.41, 5.74) is 1.07. The second kappa shape index (κ2) is 10.0. The van der Waals surface area contributed by atoms with Crippen molar-refractivity contribution in [2.45, 2.75) is 24.7 Å². The third-order valence-electron chi connectivity index (χ3n) is 5.04. The van der Waals surface area contributed by atoms with Crippen molar-refractivity contribution in [3.63, 3.8) is 0 Å². The van der Waals surface area contributed by atoms with Crippen LogP contribution < -0.4 is 14.8 Å². The number of carbonyl (C=O) groups is 1. The van der Waals surface area contributed by atoms with Crippen LogP contribution in [0.4, 0.5) is 5.69 Å². The van der Waals surface area contributed by atoms with Crippen LogP contribution in [0.2, 0.25) is 0 Å². The molecule has 3 aromatic rings. The first kappa shape index (κ1) is 22.7. The van der Waals surface area contributed by atoms with E-state index in [9.17, 15) is 13.2 Å². The maximum atomic E-state index is 13.1. The molecule has 0 atom stereocenters. The predicted molar refractivity (Wildman–Crippen MR) is 119 cm³/mol. The molecule has 0 saturated carbocycles. The number of amides is 1. The van der Waals surface area contributed by atoms with Gasteiger partial charge in [-0.15, -0.1) is 10.2 Å². The quantitative estimate of drug-likeness (QED) is 0.504. The largest absolute Gasteiger partial charge is 0.492 e. The number of nitrogens with zero attached hydrogens (tertiary/aromatic N) is 3. The Bertz CT molecular complexity index is 1190. The number of aromatic nitrogens is 2. The minimum Gasteiger partial charge on any atom is -0.492 e. The summed E-state index contributed by atoms with van der Waals surface area (Å²) in [7, 11) is -3.72. The normalized spacial score (nSPS) is 14.2.